The number of benzene rings is 1. The molecule has 1 aliphatic rings. The number of sulfonamides is 1. The number of rotatable bonds is 1. The molecule has 1 aromatic carbocycles. The van der Waals surface area contributed by atoms with Crippen molar-refractivity contribution in [3.05, 3.63) is 29.6 Å². The Morgan fingerprint density at radius 3 is 2.88 bits per heavy atom. The average Bonchev–Trinajstić information content (AvgIpc) is 2.18. The zero-order valence-corrected chi connectivity index (χ0v) is 9.54. The highest BCUT2D eigenvalue weighted by atomic mass is 32.2. The van der Waals surface area contributed by atoms with Gasteiger partial charge in [-0.15, -0.1) is 0 Å². The number of hydrogen-bond donors (Lipinski definition) is 1. The van der Waals surface area contributed by atoms with Crippen LogP contribution in [0.1, 0.15) is 18.6 Å². The van der Waals surface area contributed by atoms with E-state index in [1.807, 2.05) is 0 Å². The smallest absolute Gasteiger partial charge is 0.238 e. The molecule has 0 aromatic heterocycles. The third-order valence-corrected chi connectivity index (χ3v) is 4.47. The van der Waals surface area contributed by atoms with Gasteiger partial charge in [0, 0.05) is 12.1 Å². The first-order chi connectivity index (χ1) is 7.45. The van der Waals surface area contributed by atoms with Gasteiger partial charge in [0.15, 0.2) is 0 Å². The fraction of sp³-hybridized carbons (Fsp3) is 0.400. The Bertz CT molecular complexity index is 515. The summed E-state index contributed by atoms with van der Waals surface area (Å²) in [4.78, 5) is 0. The van der Waals surface area contributed by atoms with Gasteiger partial charge in [0.05, 0.1) is 17.5 Å². The molecule has 1 N–H and O–H groups in total. The van der Waals surface area contributed by atoms with E-state index in [2.05, 4.69) is 0 Å². The summed E-state index contributed by atoms with van der Waals surface area (Å²) in [7, 11) is -3.49. The number of fused-ring (bicyclic) bond motifs is 1. The van der Waals surface area contributed by atoms with E-state index in [0.29, 0.717) is 11.3 Å². The van der Waals surface area contributed by atoms with E-state index in [9.17, 15) is 17.9 Å². The van der Waals surface area contributed by atoms with Crippen molar-refractivity contribution in [3.63, 3.8) is 0 Å². The molecule has 2 rings (SSSR count). The van der Waals surface area contributed by atoms with E-state index in [-0.39, 0.29) is 6.54 Å². The summed E-state index contributed by atoms with van der Waals surface area (Å²) in [5, 5.41) is 9.66. The molecule has 6 heteroatoms. The first-order valence-corrected chi connectivity index (χ1v) is 6.54. The first kappa shape index (κ1) is 11.3. The minimum Gasteiger partial charge on any atom is -0.387 e. The SMILES string of the molecule is CCN1c2ccc(F)cc2[C@H](O)CS1(=O)=O. The van der Waals surface area contributed by atoms with Crippen molar-refractivity contribution in [2.24, 2.45) is 0 Å². The summed E-state index contributed by atoms with van der Waals surface area (Å²) in [5.74, 6) is -0.870. The molecule has 0 amide bonds. The van der Waals surface area contributed by atoms with Crippen LogP contribution in [0.15, 0.2) is 18.2 Å². The van der Waals surface area contributed by atoms with Crippen LogP contribution in [0.4, 0.5) is 10.1 Å². The van der Waals surface area contributed by atoms with Crippen LogP contribution in [0.2, 0.25) is 0 Å². The van der Waals surface area contributed by atoms with Crippen molar-refractivity contribution in [1.82, 2.24) is 0 Å². The Morgan fingerprint density at radius 2 is 2.25 bits per heavy atom. The van der Waals surface area contributed by atoms with Gasteiger partial charge in [0.1, 0.15) is 5.82 Å². The maximum atomic E-state index is 13.0. The monoisotopic (exact) mass is 245 g/mol. The van der Waals surface area contributed by atoms with Crippen LogP contribution < -0.4 is 4.31 Å². The molecular formula is C10H12FNO3S. The molecular weight excluding hydrogens is 233 g/mol. The van der Waals surface area contributed by atoms with Crippen molar-refractivity contribution in [2.75, 3.05) is 16.6 Å². The normalized spacial score (nSPS) is 22.9. The number of anilines is 1. The fourth-order valence-electron chi connectivity index (χ4n) is 1.92. The number of hydrogen-bond acceptors (Lipinski definition) is 3. The van der Waals surface area contributed by atoms with Crippen molar-refractivity contribution >= 4 is 15.7 Å². The molecule has 0 saturated carbocycles. The van der Waals surface area contributed by atoms with Gasteiger partial charge in [0.2, 0.25) is 10.0 Å². The predicted octanol–water partition coefficient (Wildman–Crippen LogP) is 1.03. The zero-order chi connectivity index (χ0) is 11.9. The highest BCUT2D eigenvalue weighted by Gasteiger charge is 2.34. The molecule has 0 unspecified atom stereocenters. The molecule has 16 heavy (non-hydrogen) atoms. The maximum Gasteiger partial charge on any atom is 0.238 e. The summed E-state index contributed by atoms with van der Waals surface area (Å²) < 4.78 is 37.7. The molecule has 0 fully saturated rings. The predicted molar refractivity (Wildman–Crippen MR) is 58.2 cm³/mol. The summed E-state index contributed by atoms with van der Waals surface area (Å²) in [5.41, 5.74) is 0.694. The second-order valence-corrected chi connectivity index (χ2v) is 5.60. The van der Waals surface area contributed by atoms with Crippen molar-refractivity contribution in [2.45, 2.75) is 13.0 Å². The summed E-state index contributed by atoms with van der Waals surface area (Å²) in [6.07, 6.45) is -1.15. The van der Waals surface area contributed by atoms with Crippen LogP contribution in [0.3, 0.4) is 0 Å². The Balaban J connectivity index is 2.63. The number of halogens is 1. The largest absolute Gasteiger partial charge is 0.387 e. The zero-order valence-electron chi connectivity index (χ0n) is 8.72. The Morgan fingerprint density at radius 1 is 1.56 bits per heavy atom. The van der Waals surface area contributed by atoms with Crippen LogP contribution in [0.5, 0.6) is 0 Å². The van der Waals surface area contributed by atoms with Crippen LogP contribution in [-0.4, -0.2) is 25.8 Å². The van der Waals surface area contributed by atoms with Crippen molar-refractivity contribution in [3.8, 4) is 0 Å². The molecule has 0 radical (unpaired) electrons. The van der Waals surface area contributed by atoms with Gasteiger partial charge >= 0.3 is 0 Å². The fourth-order valence-corrected chi connectivity index (χ4v) is 3.53. The lowest BCUT2D eigenvalue weighted by molar-refractivity contribution is 0.199. The highest BCUT2D eigenvalue weighted by Crippen LogP contribution is 2.35. The molecule has 1 heterocycles. The molecule has 0 bridgehead atoms. The highest BCUT2D eigenvalue weighted by molar-refractivity contribution is 7.92. The van der Waals surface area contributed by atoms with E-state index < -0.39 is 27.7 Å². The van der Waals surface area contributed by atoms with Crippen LogP contribution in [0, 0.1) is 5.82 Å². The summed E-state index contributed by atoms with van der Waals surface area (Å²) in [6.45, 7) is 1.97. The minimum atomic E-state index is -3.49. The third-order valence-electron chi connectivity index (χ3n) is 2.61. The molecule has 0 spiro atoms. The standard InChI is InChI=1S/C10H12FNO3S/c1-2-12-9-4-3-7(11)5-8(9)10(13)6-16(12,14)15/h3-5,10,13H,2,6H2,1H3/t10-/m1/s1. The lowest BCUT2D eigenvalue weighted by Gasteiger charge is -2.32. The second kappa shape index (κ2) is 3.71. The van der Waals surface area contributed by atoms with Gasteiger partial charge in [-0.05, 0) is 25.1 Å². The van der Waals surface area contributed by atoms with E-state index in [0.717, 1.165) is 0 Å². The molecule has 0 aliphatic carbocycles. The van der Waals surface area contributed by atoms with Gasteiger partial charge in [-0.1, -0.05) is 0 Å². The molecule has 1 atom stereocenters. The van der Waals surface area contributed by atoms with E-state index in [4.69, 9.17) is 0 Å². The van der Waals surface area contributed by atoms with Crippen molar-refractivity contribution < 1.29 is 17.9 Å². The van der Waals surface area contributed by atoms with Gasteiger partial charge in [0.25, 0.3) is 0 Å². The number of aliphatic hydroxyl groups excluding tert-OH is 1. The third kappa shape index (κ3) is 1.68. The van der Waals surface area contributed by atoms with Gasteiger partial charge in [-0.2, -0.15) is 0 Å². The summed E-state index contributed by atoms with van der Waals surface area (Å²) >= 11 is 0. The quantitative estimate of drug-likeness (QED) is 0.804. The van der Waals surface area contributed by atoms with Gasteiger partial charge in [-0.3, -0.25) is 4.31 Å². The number of aliphatic hydroxyl groups is 1. The molecule has 0 saturated heterocycles. The van der Waals surface area contributed by atoms with E-state index in [1.165, 1.54) is 22.5 Å². The van der Waals surface area contributed by atoms with E-state index in [1.54, 1.807) is 6.92 Å². The Kier molecular flexibility index (Phi) is 2.63. The molecule has 4 nitrogen and oxygen atoms in total. The Labute approximate surface area is 93.4 Å². The average molecular weight is 245 g/mol. The molecule has 88 valence electrons. The number of nitrogens with zero attached hydrogens (tertiary/aromatic N) is 1. The van der Waals surface area contributed by atoms with Crippen LogP contribution >= 0.6 is 0 Å². The minimum absolute atomic E-state index is 0.272. The summed E-state index contributed by atoms with van der Waals surface area (Å²) in [6, 6.07) is 3.75. The van der Waals surface area contributed by atoms with Crippen LogP contribution in [-0.2, 0) is 10.0 Å². The Hall–Kier alpha value is -1.14. The first-order valence-electron chi connectivity index (χ1n) is 4.93. The van der Waals surface area contributed by atoms with Crippen LogP contribution in [0.25, 0.3) is 0 Å². The lowest BCUT2D eigenvalue weighted by Crippen LogP contribution is -2.39. The van der Waals surface area contributed by atoms with Gasteiger partial charge in [-0.25, -0.2) is 12.8 Å². The lowest BCUT2D eigenvalue weighted by atomic mass is 10.1. The van der Waals surface area contributed by atoms with Gasteiger partial charge < -0.3 is 5.11 Å². The molecule has 1 aromatic rings. The second-order valence-electron chi connectivity index (χ2n) is 3.66. The van der Waals surface area contributed by atoms with E-state index >= 15 is 0 Å². The maximum absolute atomic E-state index is 13.0. The topological polar surface area (TPSA) is 57.6 Å². The van der Waals surface area contributed by atoms with Crippen molar-refractivity contribution in [1.29, 1.82) is 0 Å². The molecule has 1 aliphatic heterocycles.